The van der Waals surface area contributed by atoms with Gasteiger partial charge < -0.3 is 19.5 Å². The number of methoxy groups -OCH3 is 3. The van der Waals surface area contributed by atoms with Gasteiger partial charge in [0.05, 0.1) is 32.6 Å². The van der Waals surface area contributed by atoms with Gasteiger partial charge in [-0.15, -0.1) is 0 Å². The fourth-order valence-corrected chi connectivity index (χ4v) is 1.94. The number of ether oxygens (including phenoxy) is 3. The van der Waals surface area contributed by atoms with Crippen LogP contribution < -0.4 is 14.8 Å². The lowest BCUT2D eigenvalue weighted by molar-refractivity contribution is 0.0601. The van der Waals surface area contributed by atoms with Crippen molar-refractivity contribution in [2.75, 3.05) is 26.6 Å². The Balaban J connectivity index is 2.43. The molecule has 0 unspecified atom stereocenters. The largest absolute Gasteiger partial charge is 0.493 e. The van der Waals surface area contributed by atoms with E-state index in [0.717, 1.165) is 0 Å². The van der Waals surface area contributed by atoms with Gasteiger partial charge in [0.25, 0.3) is 5.91 Å². The Morgan fingerprint density at radius 1 is 1.04 bits per heavy atom. The van der Waals surface area contributed by atoms with Gasteiger partial charge in [-0.3, -0.25) is 9.78 Å². The third-order valence-electron chi connectivity index (χ3n) is 3.07. The highest BCUT2D eigenvalue weighted by Crippen LogP contribution is 2.33. The third kappa shape index (κ3) is 3.57. The standard InChI is InChI=1S/C16H16N2O5/c1-21-13-8-10(16(20)23-3)12(9-14(13)22-2)18-15(19)11-6-4-5-7-17-11/h4-9H,1-3H3,(H,18,19). The second-order valence-corrected chi connectivity index (χ2v) is 4.41. The third-order valence-corrected chi connectivity index (χ3v) is 3.07. The molecule has 0 radical (unpaired) electrons. The Labute approximate surface area is 133 Å². The first kappa shape index (κ1) is 16.3. The summed E-state index contributed by atoms with van der Waals surface area (Å²) in [7, 11) is 4.16. The number of anilines is 1. The van der Waals surface area contributed by atoms with Gasteiger partial charge in [-0.1, -0.05) is 6.07 Å². The number of carbonyl (C=O) groups excluding carboxylic acids is 2. The highest BCUT2D eigenvalue weighted by Gasteiger charge is 2.19. The molecule has 0 spiro atoms. The monoisotopic (exact) mass is 316 g/mol. The maximum absolute atomic E-state index is 12.2. The topological polar surface area (TPSA) is 86.8 Å². The van der Waals surface area contributed by atoms with Crippen molar-refractivity contribution in [3.8, 4) is 11.5 Å². The van der Waals surface area contributed by atoms with Crippen molar-refractivity contribution in [3.63, 3.8) is 0 Å². The molecule has 23 heavy (non-hydrogen) atoms. The van der Waals surface area contributed by atoms with Crippen LogP contribution in [0, 0.1) is 0 Å². The molecule has 1 aromatic heterocycles. The number of benzene rings is 1. The van der Waals surface area contributed by atoms with Gasteiger partial charge in [0.15, 0.2) is 11.5 Å². The van der Waals surface area contributed by atoms with Crippen molar-refractivity contribution in [3.05, 3.63) is 47.8 Å². The molecule has 0 aliphatic heterocycles. The van der Waals surface area contributed by atoms with E-state index in [9.17, 15) is 9.59 Å². The number of hydrogen-bond acceptors (Lipinski definition) is 6. The molecule has 2 rings (SSSR count). The Morgan fingerprint density at radius 3 is 2.30 bits per heavy atom. The van der Waals surface area contributed by atoms with Crippen molar-refractivity contribution >= 4 is 17.6 Å². The number of nitrogens with zero attached hydrogens (tertiary/aromatic N) is 1. The number of amides is 1. The van der Waals surface area contributed by atoms with Crippen LogP contribution in [0.5, 0.6) is 11.5 Å². The first-order chi connectivity index (χ1) is 11.1. The normalized spacial score (nSPS) is 9.87. The lowest BCUT2D eigenvalue weighted by Crippen LogP contribution is -2.16. The van der Waals surface area contributed by atoms with Gasteiger partial charge in [0.1, 0.15) is 5.69 Å². The molecule has 0 saturated heterocycles. The molecule has 1 heterocycles. The van der Waals surface area contributed by atoms with Crippen LogP contribution in [0.1, 0.15) is 20.8 Å². The first-order valence-electron chi connectivity index (χ1n) is 6.67. The molecule has 120 valence electrons. The summed E-state index contributed by atoms with van der Waals surface area (Å²) in [6.45, 7) is 0. The van der Waals surface area contributed by atoms with Crippen LogP contribution in [0.15, 0.2) is 36.5 Å². The Bertz CT molecular complexity index is 716. The Morgan fingerprint density at radius 2 is 1.74 bits per heavy atom. The molecule has 1 N–H and O–H groups in total. The van der Waals surface area contributed by atoms with E-state index in [1.54, 1.807) is 18.2 Å². The summed E-state index contributed by atoms with van der Waals surface area (Å²) < 4.78 is 15.1. The summed E-state index contributed by atoms with van der Waals surface area (Å²) >= 11 is 0. The molecule has 7 heteroatoms. The van der Waals surface area contributed by atoms with E-state index >= 15 is 0 Å². The molecule has 0 aliphatic carbocycles. The molecule has 0 aliphatic rings. The van der Waals surface area contributed by atoms with Crippen molar-refractivity contribution in [2.24, 2.45) is 0 Å². The lowest BCUT2D eigenvalue weighted by atomic mass is 10.1. The number of nitrogens with one attached hydrogen (secondary N) is 1. The SMILES string of the molecule is COC(=O)c1cc(OC)c(OC)cc1NC(=O)c1ccccn1. The van der Waals surface area contributed by atoms with Crippen LogP contribution in [0.3, 0.4) is 0 Å². The van der Waals surface area contributed by atoms with E-state index < -0.39 is 11.9 Å². The summed E-state index contributed by atoms with van der Waals surface area (Å²) in [4.78, 5) is 28.1. The van der Waals surface area contributed by atoms with Gasteiger partial charge in [-0.2, -0.15) is 0 Å². The summed E-state index contributed by atoms with van der Waals surface area (Å²) in [5.41, 5.74) is 0.609. The van der Waals surface area contributed by atoms with Gasteiger partial charge in [0, 0.05) is 18.3 Å². The van der Waals surface area contributed by atoms with Crippen molar-refractivity contribution in [2.45, 2.75) is 0 Å². The fourth-order valence-electron chi connectivity index (χ4n) is 1.94. The smallest absolute Gasteiger partial charge is 0.340 e. The van der Waals surface area contributed by atoms with Crippen LogP contribution in [0.25, 0.3) is 0 Å². The van der Waals surface area contributed by atoms with E-state index in [1.165, 1.54) is 39.7 Å². The van der Waals surface area contributed by atoms with E-state index in [4.69, 9.17) is 14.2 Å². The van der Waals surface area contributed by atoms with Gasteiger partial charge in [-0.05, 0) is 12.1 Å². The number of hydrogen-bond donors (Lipinski definition) is 1. The maximum atomic E-state index is 12.2. The van der Waals surface area contributed by atoms with E-state index in [2.05, 4.69) is 10.3 Å². The van der Waals surface area contributed by atoms with Crippen LogP contribution in [0.4, 0.5) is 5.69 Å². The van der Waals surface area contributed by atoms with E-state index in [0.29, 0.717) is 11.5 Å². The molecule has 2 aromatic rings. The number of esters is 1. The predicted octanol–water partition coefficient (Wildman–Crippen LogP) is 2.14. The minimum absolute atomic E-state index is 0.148. The molecule has 7 nitrogen and oxygen atoms in total. The second-order valence-electron chi connectivity index (χ2n) is 4.41. The zero-order valence-electron chi connectivity index (χ0n) is 13.0. The molecule has 1 amide bonds. The number of aromatic nitrogens is 1. The van der Waals surface area contributed by atoms with Gasteiger partial charge in [-0.25, -0.2) is 4.79 Å². The zero-order valence-corrected chi connectivity index (χ0v) is 13.0. The minimum atomic E-state index is -0.609. The van der Waals surface area contributed by atoms with Crippen LogP contribution >= 0.6 is 0 Å². The Kier molecular flexibility index (Phi) is 5.14. The summed E-state index contributed by atoms with van der Waals surface area (Å²) in [6.07, 6.45) is 1.50. The second kappa shape index (κ2) is 7.26. The zero-order chi connectivity index (χ0) is 16.8. The van der Waals surface area contributed by atoms with Crippen LogP contribution in [-0.4, -0.2) is 38.2 Å². The van der Waals surface area contributed by atoms with Gasteiger partial charge >= 0.3 is 5.97 Å². The number of rotatable bonds is 5. The fraction of sp³-hybridized carbons (Fsp3) is 0.188. The van der Waals surface area contributed by atoms with E-state index in [-0.39, 0.29) is 16.9 Å². The lowest BCUT2D eigenvalue weighted by Gasteiger charge is -2.14. The van der Waals surface area contributed by atoms with E-state index in [1.807, 2.05) is 0 Å². The van der Waals surface area contributed by atoms with Crippen LogP contribution in [0.2, 0.25) is 0 Å². The van der Waals surface area contributed by atoms with Crippen molar-refractivity contribution in [1.82, 2.24) is 4.98 Å². The molecule has 0 fully saturated rings. The molecule has 1 aromatic carbocycles. The first-order valence-corrected chi connectivity index (χ1v) is 6.67. The quantitative estimate of drug-likeness (QED) is 0.850. The maximum Gasteiger partial charge on any atom is 0.340 e. The van der Waals surface area contributed by atoms with Crippen molar-refractivity contribution < 1.29 is 23.8 Å². The molecular weight excluding hydrogens is 300 g/mol. The summed E-state index contributed by atoms with van der Waals surface area (Å²) in [5.74, 6) is -0.342. The highest BCUT2D eigenvalue weighted by atomic mass is 16.5. The van der Waals surface area contributed by atoms with Crippen LogP contribution in [-0.2, 0) is 4.74 Å². The van der Waals surface area contributed by atoms with Crippen molar-refractivity contribution in [1.29, 1.82) is 0 Å². The average molecular weight is 316 g/mol. The number of pyridine rings is 1. The highest BCUT2D eigenvalue weighted by molar-refractivity contribution is 6.07. The molecular formula is C16H16N2O5. The number of carbonyl (C=O) groups is 2. The Hall–Kier alpha value is -3.09. The minimum Gasteiger partial charge on any atom is -0.493 e. The van der Waals surface area contributed by atoms with Gasteiger partial charge in [0.2, 0.25) is 0 Å². The molecule has 0 saturated carbocycles. The summed E-state index contributed by atoms with van der Waals surface area (Å²) in [6, 6.07) is 7.89. The average Bonchev–Trinajstić information content (AvgIpc) is 2.61. The summed E-state index contributed by atoms with van der Waals surface area (Å²) in [5, 5.41) is 2.63. The molecule has 0 atom stereocenters. The molecule has 0 bridgehead atoms. The predicted molar refractivity (Wildman–Crippen MR) is 83.1 cm³/mol.